The first kappa shape index (κ1) is 13.1. The predicted molar refractivity (Wildman–Crippen MR) is 72.9 cm³/mol. The number of benzene rings is 2. The molecule has 0 amide bonds. The Morgan fingerprint density at radius 3 is 2.53 bits per heavy atom. The zero-order valence-corrected chi connectivity index (χ0v) is 10.6. The summed E-state index contributed by atoms with van der Waals surface area (Å²) < 4.78 is 18.7. The van der Waals surface area contributed by atoms with Crippen LogP contribution in [0.2, 0.25) is 0 Å². The Balaban J connectivity index is 2.15. The second-order valence-electron chi connectivity index (χ2n) is 4.32. The molecule has 0 saturated carbocycles. The van der Waals surface area contributed by atoms with Crippen molar-refractivity contribution in [2.24, 2.45) is 5.73 Å². The van der Waals surface area contributed by atoms with Gasteiger partial charge in [-0.2, -0.15) is 0 Å². The van der Waals surface area contributed by atoms with Gasteiger partial charge in [-0.1, -0.05) is 23.8 Å². The lowest BCUT2D eigenvalue weighted by atomic mass is 10.1. The summed E-state index contributed by atoms with van der Waals surface area (Å²) in [7, 11) is 0. The first-order valence-corrected chi connectivity index (χ1v) is 5.88. The SMILES string of the molecule is Cc1ccc(OCc2ccc(F)cc2C(=N)N)cc1. The van der Waals surface area contributed by atoms with E-state index in [4.69, 9.17) is 15.9 Å². The monoisotopic (exact) mass is 258 g/mol. The van der Waals surface area contributed by atoms with Crippen LogP contribution in [0.4, 0.5) is 4.39 Å². The number of ether oxygens (including phenoxy) is 1. The Morgan fingerprint density at radius 1 is 1.21 bits per heavy atom. The second-order valence-corrected chi connectivity index (χ2v) is 4.32. The highest BCUT2D eigenvalue weighted by Gasteiger charge is 2.07. The number of nitrogen functional groups attached to an aromatic ring is 1. The van der Waals surface area contributed by atoms with Gasteiger partial charge in [0.25, 0.3) is 0 Å². The summed E-state index contributed by atoms with van der Waals surface area (Å²) in [6.07, 6.45) is 0. The van der Waals surface area contributed by atoms with Crippen LogP contribution in [0, 0.1) is 18.2 Å². The van der Waals surface area contributed by atoms with Crippen LogP contribution >= 0.6 is 0 Å². The topological polar surface area (TPSA) is 59.1 Å². The van der Waals surface area contributed by atoms with Crippen LogP contribution in [0.5, 0.6) is 5.75 Å². The maximum Gasteiger partial charge on any atom is 0.123 e. The third-order valence-corrected chi connectivity index (χ3v) is 2.78. The standard InChI is InChI=1S/C15H15FN2O/c1-10-2-6-13(7-3-10)19-9-11-4-5-12(16)8-14(11)15(17)18/h2-8H,9H2,1H3,(H3,17,18). The van der Waals surface area contributed by atoms with Gasteiger partial charge >= 0.3 is 0 Å². The summed E-state index contributed by atoms with van der Waals surface area (Å²) in [5, 5.41) is 7.44. The smallest absolute Gasteiger partial charge is 0.123 e. The molecular formula is C15H15FN2O. The molecule has 3 N–H and O–H groups in total. The molecule has 0 aromatic heterocycles. The van der Waals surface area contributed by atoms with E-state index in [9.17, 15) is 4.39 Å². The highest BCUT2D eigenvalue weighted by atomic mass is 19.1. The van der Waals surface area contributed by atoms with Crippen molar-refractivity contribution in [3.63, 3.8) is 0 Å². The van der Waals surface area contributed by atoms with E-state index in [-0.39, 0.29) is 12.4 Å². The van der Waals surface area contributed by atoms with Crippen LogP contribution in [0.15, 0.2) is 42.5 Å². The molecule has 0 atom stereocenters. The molecule has 0 aliphatic rings. The van der Waals surface area contributed by atoms with Crippen LogP contribution in [-0.4, -0.2) is 5.84 Å². The maximum absolute atomic E-state index is 13.1. The van der Waals surface area contributed by atoms with Gasteiger partial charge in [-0.25, -0.2) is 4.39 Å². The van der Waals surface area contributed by atoms with Crippen molar-refractivity contribution in [3.05, 3.63) is 65.0 Å². The lowest BCUT2D eigenvalue weighted by Crippen LogP contribution is -2.15. The van der Waals surface area contributed by atoms with Gasteiger partial charge in [-0.15, -0.1) is 0 Å². The number of hydrogen-bond donors (Lipinski definition) is 2. The van der Waals surface area contributed by atoms with Crippen molar-refractivity contribution in [3.8, 4) is 5.75 Å². The highest BCUT2D eigenvalue weighted by Crippen LogP contribution is 2.16. The van der Waals surface area contributed by atoms with Crippen LogP contribution in [0.25, 0.3) is 0 Å². The normalized spacial score (nSPS) is 10.2. The van der Waals surface area contributed by atoms with Crippen molar-refractivity contribution in [1.82, 2.24) is 0 Å². The Bertz CT molecular complexity index is 594. The molecule has 0 spiro atoms. The maximum atomic E-state index is 13.1. The van der Waals surface area contributed by atoms with Crippen molar-refractivity contribution in [1.29, 1.82) is 5.41 Å². The largest absolute Gasteiger partial charge is 0.489 e. The van der Waals surface area contributed by atoms with Gasteiger partial charge in [0.05, 0.1) is 0 Å². The molecule has 2 aromatic carbocycles. The molecule has 0 aliphatic heterocycles. The number of aryl methyl sites for hydroxylation is 1. The Hall–Kier alpha value is -2.36. The van der Waals surface area contributed by atoms with E-state index < -0.39 is 5.82 Å². The molecule has 0 bridgehead atoms. The molecule has 3 nitrogen and oxygen atoms in total. The summed E-state index contributed by atoms with van der Waals surface area (Å²) in [5.41, 5.74) is 7.64. The van der Waals surface area contributed by atoms with Gasteiger partial charge in [0, 0.05) is 11.1 Å². The molecule has 0 heterocycles. The van der Waals surface area contributed by atoms with Gasteiger partial charge in [-0.05, 0) is 31.2 Å². The molecule has 2 rings (SSSR count). The zero-order valence-electron chi connectivity index (χ0n) is 10.6. The molecular weight excluding hydrogens is 243 g/mol. The van der Waals surface area contributed by atoms with Crippen LogP contribution in [0.1, 0.15) is 16.7 Å². The van der Waals surface area contributed by atoms with E-state index in [0.29, 0.717) is 11.1 Å². The minimum atomic E-state index is -0.413. The third kappa shape index (κ3) is 3.31. The number of hydrogen-bond acceptors (Lipinski definition) is 2. The van der Waals surface area contributed by atoms with E-state index in [0.717, 1.165) is 11.3 Å². The fraction of sp³-hybridized carbons (Fsp3) is 0.133. The molecule has 98 valence electrons. The van der Waals surface area contributed by atoms with E-state index in [1.54, 1.807) is 6.07 Å². The van der Waals surface area contributed by atoms with Gasteiger partial charge in [0.1, 0.15) is 24.0 Å². The fourth-order valence-electron chi connectivity index (χ4n) is 1.72. The summed E-state index contributed by atoms with van der Waals surface area (Å²) >= 11 is 0. The van der Waals surface area contributed by atoms with E-state index >= 15 is 0 Å². The first-order valence-electron chi connectivity index (χ1n) is 5.88. The van der Waals surface area contributed by atoms with Crippen molar-refractivity contribution in [2.45, 2.75) is 13.5 Å². The Labute approximate surface area is 111 Å². The molecule has 2 aromatic rings. The summed E-state index contributed by atoms with van der Waals surface area (Å²) in [6.45, 7) is 2.25. The highest BCUT2D eigenvalue weighted by molar-refractivity contribution is 5.96. The number of nitrogens with one attached hydrogen (secondary N) is 1. The second kappa shape index (κ2) is 5.52. The lowest BCUT2D eigenvalue weighted by molar-refractivity contribution is 0.306. The fourth-order valence-corrected chi connectivity index (χ4v) is 1.72. The van der Waals surface area contributed by atoms with Crippen LogP contribution in [0.3, 0.4) is 0 Å². The van der Waals surface area contributed by atoms with E-state index in [2.05, 4.69) is 0 Å². The third-order valence-electron chi connectivity index (χ3n) is 2.78. The van der Waals surface area contributed by atoms with Gasteiger partial charge < -0.3 is 10.5 Å². The number of halogens is 1. The molecule has 0 unspecified atom stereocenters. The molecule has 0 saturated heterocycles. The zero-order chi connectivity index (χ0) is 13.8. The van der Waals surface area contributed by atoms with Gasteiger partial charge in [0.2, 0.25) is 0 Å². The Kier molecular flexibility index (Phi) is 3.80. The summed E-state index contributed by atoms with van der Waals surface area (Å²) in [5.74, 6) is 0.149. The van der Waals surface area contributed by atoms with Crippen LogP contribution in [-0.2, 0) is 6.61 Å². The van der Waals surface area contributed by atoms with Crippen molar-refractivity contribution < 1.29 is 9.13 Å². The van der Waals surface area contributed by atoms with Gasteiger partial charge in [-0.3, -0.25) is 5.41 Å². The molecule has 0 radical (unpaired) electrons. The molecule has 0 fully saturated rings. The van der Waals surface area contributed by atoms with Crippen molar-refractivity contribution in [2.75, 3.05) is 0 Å². The number of amidine groups is 1. The van der Waals surface area contributed by atoms with Crippen molar-refractivity contribution >= 4 is 5.84 Å². The minimum Gasteiger partial charge on any atom is -0.489 e. The number of rotatable bonds is 4. The minimum absolute atomic E-state index is 0.165. The quantitative estimate of drug-likeness (QED) is 0.654. The molecule has 19 heavy (non-hydrogen) atoms. The van der Waals surface area contributed by atoms with Crippen LogP contribution < -0.4 is 10.5 Å². The van der Waals surface area contributed by atoms with E-state index in [1.807, 2.05) is 31.2 Å². The summed E-state index contributed by atoms with van der Waals surface area (Å²) in [6, 6.07) is 11.8. The first-order chi connectivity index (χ1) is 9.06. The molecule has 0 aliphatic carbocycles. The van der Waals surface area contributed by atoms with Gasteiger partial charge in [0.15, 0.2) is 0 Å². The van der Waals surface area contributed by atoms with E-state index in [1.165, 1.54) is 12.1 Å². The predicted octanol–water partition coefficient (Wildman–Crippen LogP) is 3.00. The average molecular weight is 258 g/mol. The number of nitrogens with two attached hydrogens (primary N) is 1. The Morgan fingerprint density at radius 2 is 1.89 bits per heavy atom. The molecule has 4 heteroatoms. The lowest BCUT2D eigenvalue weighted by Gasteiger charge is -2.10. The average Bonchev–Trinajstić information content (AvgIpc) is 2.39. The summed E-state index contributed by atoms with van der Waals surface area (Å²) in [4.78, 5) is 0.